The lowest BCUT2D eigenvalue weighted by molar-refractivity contribution is -0.107. The number of aromatic nitrogens is 2. The first-order valence-corrected chi connectivity index (χ1v) is 5.99. The van der Waals surface area contributed by atoms with Crippen LogP contribution in [0.15, 0.2) is 15.8 Å². The lowest BCUT2D eigenvalue weighted by atomic mass is 10.4. The van der Waals surface area contributed by atoms with Gasteiger partial charge in [0.1, 0.15) is 12.0 Å². The van der Waals surface area contributed by atoms with Crippen molar-refractivity contribution in [3.8, 4) is 0 Å². The summed E-state index contributed by atoms with van der Waals surface area (Å²) >= 11 is 4.51. The molecule has 7 heteroatoms. The number of halogens is 1. The average Bonchev–Trinajstić information content (AvgIpc) is 2.26. The van der Waals surface area contributed by atoms with E-state index in [4.69, 9.17) is 0 Å². The van der Waals surface area contributed by atoms with Gasteiger partial charge < -0.3 is 10.1 Å². The van der Waals surface area contributed by atoms with E-state index in [1.54, 1.807) is 0 Å². The molecule has 1 rings (SSSR count). The molecule has 1 aromatic heterocycles. The molecule has 0 atom stereocenters. The number of nitrogens with zero attached hydrogens (tertiary/aromatic N) is 2. The van der Waals surface area contributed by atoms with Crippen LogP contribution in [0.1, 0.15) is 10.5 Å². The fourth-order valence-corrected chi connectivity index (χ4v) is 1.54. The molecule has 5 nitrogen and oxygen atoms in total. The first-order chi connectivity index (χ1) is 7.19. The Bertz CT molecular complexity index is 386. The Labute approximate surface area is 99.2 Å². The number of nitrogens with one attached hydrogen (secondary N) is 1. The highest BCUT2D eigenvalue weighted by molar-refractivity contribution is 9.10. The molecule has 0 aromatic carbocycles. The first-order valence-electron chi connectivity index (χ1n) is 3.97. The van der Waals surface area contributed by atoms with Crippen LogP contribution in [0.5, 0.6) is 0 Å². The molecule has 0 saturated carbocycles. The second-order valence-corrected chi connectivity index (χ2v) is 4.06. The molecule has 0 radical (unpaired) electrons. The highest BCUT2D eigenvalue weighted by Gasteiger charge is 2.12. The van der Waals surface area contributed by atoms with E-state index >= 15 is 0 Å². The molecule has 1 heterocycles. The number of thioether (sulfide) groups is 1. The molecule has 0 spiro atoms. The van der Waals surface area contributed by atoms with Crippen LogP contribution >= 0.6 is 27.7 Å². The molecular weight excluding hydrogens is 282 g/mol. The molecule has 0 unspecified atom stereocenters. The highest BCUT2D eigenvalue weighted by atomic mass is 79.9. The first kappa shape index (κ1) is 12.1. The van der Waals surface area contributed by atoms with E-state index in [0.29, 0.717) is 15.9 Å². The normalized spacial score (nSPS) is 9.73. The molecule has 0 aliphatic heterocycles. The molecule has 1 aromatic rings. The fraction of sp³-hybridized carbons (Fsp3) is 0.250. The maximum Gasteiger partial charge on any atom is 0.271 e. The summed E-state index contributed by atoms with van der Waals surface area (Å²) in [6.45, 7) is -0.0239. The zero-order valence-corrected chi connectivity index (χ0v) is 10.3. The second kappa shape index (κ2) is 5.82. The summed E-state index contributed by atoms with van der Waals surface area (Å²) in [7, 11) is 0. The van der Waals surface area contributed by atoms with Crippen molar-refractivity contribution < 1.29 is 9.59 Å². The molecule has 0 saturated heterocycles. The van der Waals surface area contributed by atoms with Crippen molar-refractivity contribution in [3.05, 3.63) is 16.4 Å². The molecular formula is C8H8BrN3O2S. The third kappa shape index (κ3) is 3.28. The van der Waals surface area contributed by atoms with Gasteiger partial charge in [0.25, 0.3) is 5.91 Å². The predicted molar refractivity (Wildman–Crippen MR) is 59.9 cm³/mol. The van der Waals surface area contributed by atoms with E-state index in [9.17, 15) is 9.59 Å². The van der Waals surface area contributed by atoms with E-state index in [1.807, 2.05) is 6.26 Å². The predicted octanol–water partition coefficient (Wildman–Crippen LogP) is 0.890. The van der Waals surface area contributed by atoms with E-state index in [1.165, 1.54) is 18.0 Å². The Kier molecular flexibility index (Phi) is 4.70. The molecule has 1 amide bonds. The Morgan fingerprint density at radius 2 is 2.47 bits per heavy atom. The van der Waals surface area contributed by atoms with Crippen molar-refractivity contribution in [1.82, 2.24) is 15.3 Å². The number of amides is 1. The number of hydrogen-bond donors (Lipinski definition) is 1. The smallest absolute Gasteiger partial charge is 0.271 e. The Balaban J connectivity index is 2.91. The van der Waals surface area contributed by atoms with Crippen LogP contribution in [0.3, 0.4) is 0 Å². The summed E-state index contributed by atoms with van der Waals surface area (Å²) in [5, 5.41) is 2.91. The number of hydrogen-bond acceptors (Lipinski definition) is 5. The zero-order chi connectivity index (χ0) is 11.3. The Morgan fingerprint density at radius 1 is 1.73 bits per heavy atom. The Hall–Kier alpha value is -0.950. The largest absolute Gasteiger partial charge is 0.344 e. The number of aldehydes is 1. The maximum absolute atomic E-state index is 11.5. The van der Waals surface area contributed by atoms with Crippen LogP contribution in [0.2, 0.25) is 0 Å². The number of rotatable bonds is 4. The summed E-state index contributed by atoms with van der Waals surface area (Å²) in [6, 6.07) is 0. The Morgan fingerprint density at radius 3 is 3.07 bits per heavy atom. The van der Waals surface area contributed by atoms with Crippen LogP contribution in [0.4, 0.5) is 0 Å². The van der Waals surface area contributed by atoms with Gasteiger partial charge in [0.2, 0.25) is 0 Å². The van der Waals surface area contributed by atoms with Crippen LogP contribution < -0.4 is 5.32 Å². The van der Waals surface area contributed by atoms with Crippen molar-refractivity contribution in [2.45, 2.75) is 5.16 Å². The minimum atomic E-state index is -0.397. The third-order valence-corrected chi connectivity index (χ3v) is 2.61. The summed E-state index contributed by atoms with van der Waals surface area (Å²) < 4.78 is 0.503. The van der Waals surface area contributed by atoms with E-state index in [0.717, 1.165) is 0 Å². The molecule has 15 heavy (non-hydrogen) atoms. The number of carbonyl (C=O) groups excluding carboxylic acids is 2. The van der Waals surface area contributed by atoms with Crippen LogP contribution in [0, 0.1) is 0 Å². The van der Waals surface area contributed by atoms with Gasteiger partial charge in [0, 0.05) is 6.20 Å². The fourth-order valence-electron chi connectivity index (χ4n) is 0.827. The van der Waals surface area contributed by atoms with Crippen LogP contribution in [0.25, 0.3) is 0 Å². The van der Waals surface area contributed by atoms with Gasteiger partial charge in [-0.25, -0.2) is 9.97 Å². The van der Waals surface area contributed by atoms with Gasteiger partial charge in [-0.3, -0.25) is 4.79 Å². The van der Waals surface area contributed by atoms with Gasteiger partial charge >= 0.3 is 0 Å². The lowest BCUT2D eigenvalue weighted by Gasteiger charge is -2.03. The topological polar surface area (TPSA) is 72.0 Å². The van der Waals surface area contributed by atoms with Crippen molar-refractivity contribution in [3.63, 3.8) is 0 Å². The molecule has 1 N–H and O–H groups in total. The summed E-state index contributed by atoms with van der Waals surface area (Å²) in [5.41, 5.74) is 0.233. The van der Waals surface area contributed by atoms with E-state index < -0.39 is 5.91 Å². The van der Waals surface area contributed by atoms with Gasteiger partial charge in [-0.15, -0.1) is 0 Å². The zero-order valence-electron chi connectivity index (χ0n) is 7.86. The molecule has 0 aliphatic carbocycles. The maximum atomic E-state index is 11.5. The molecule has 0 bridgehead atoms. The molecule has 0 aliphatic rings. The minimum Gasteiger partial charge on any atom is -0.344 e. The van der Waals surface area contributed by atoms with Crippen molar-refractivity contribution in [2.75, 3.05) is 12.8 Å². The van der Waals surface area contributed by atoms with Crippen molar-refractivity contribution in [1.29, 1.82) is 0 Å². The van der Waals surface area contributed by atoms with Crippen LogP contribution in [-0.4, -0.2) is 35.0 Å². The molecule has 80 valence electrons. The summed E-state index contributed by atoms with van der Waals surface area (Å²) in [5.74, 6) is -0.397. The second-order valence-electron chi connectivity index (χ2n) is 2.43. The highest BCUT2D eigenvalue weighted by Crippen LogP contribution is 2.16. The average molecular weight is 290 g/mol. The van der Waals surface area contributed by atoms with Gasteiger partial charge in [0.05, 0.1) is 11.0 Å². The molecule has 0 fully saturated rings. The van der Waals surface area contributed by atoms with Crippen LogP contribution in [-0.2, 0) is 4.79 Å². The summed E-state index contributed by atoms with van der Waals surface area (Å²) in [6.07, 6.45) is 3.94. The SMILES string of the molecule is CSc1ncc(Br)c(C(=O)NCC=O)n1. The van der Waals surface area contributed by atoms with Crippen molar-refractivity contribution >= 4 is 39.9 Å². The van der Waals surface area contributed by atoms with Gasteiger partial charge in [0.15, 0.2) is 5.16 Å². The van der Waals surface area contributed by atoms with E-state index in [2.05, 4.69) is 31.2 Å². The summed E-state index contributed by atoms with van der Waals surface area (Å²) in [4.78, 5) is 29.6. The van der Waals surface area contributed by atoms with Gasteiger partial charge in [-0.1, -0.05) is 11.8 Å². The van der Waals surface area contributed by atoms with E-state index in [-0.39, 0.29) is 12.2 Å². The number of carbonyl (C=O) groups is 2. The van der Waals surface area contributed by atoms with Gasteiger partial charge in [-0.2, -0.15) is 0 Å². The van der Waals surface area contributed by atoms with Crippen molar-refractivity contribution in [2.24, 2.45) is 0 Å². The quantitative estimate of drug-likeness (QED) is 0.506. The van der Waals surface area contributed by atoms with Gasteiger partial charge in [-0.05, 0) is 22.2 Å². The monoisotopic (exact) mass is 289 g/mol. The third-order valence-electron chi connectivity index (χ3n) is 1.47. The minimum absolute atomic E-state index is 0.0239. The lowest BCUT2D eigenvalue weighted by Crippen LogP contribution is -2.26. The standard InChI is InChI=1S/C8H8BrN3O2S/c1-15-8-11-4-5(9)6(12-8)7(14)10-2-3-13/h3-4H,2H2,1H3,(H,10,14).